The Balaban J connectivity index is 2.37. The summed E-state index contributed by atoms with van der Waals surface area (Å²) in [6.07, 6.45) is 1.19. The van der Waals surface area contributed by atoms with Gasteiger partial charge in [-0.2, -0.15) is 0 Å². The quantitative estimate of drug-likeness (QED) is 0.669. The zero-order chi connectivity index (χ0) is 9.26. The number of hydrogen-bond acceptors (Lipinski definition) is 1. The summed E-state index contributed by atoms with van der Waals surface area (Å²) < 4.78 is 1.40. The minimum atomic E-state index is 0.746. The van der Waals surface area contributed by atoms with Crippen molar-refractivity contribution in [2.75, 3.05) is 0 Å². The van der Waals surface area contributed by atoms with E-state index in [9.17, 15) is 0 Å². The van der Waals surface area contributed by atoms with Crippen LogP contribution in [-0.2, 0) is 6.42 Å². The monoisotopic (exact) mass is 190 g/mol. The van der Waals surface area contributed by atoms with E-state index in [1.54, 1.807) is 0 Å². The fourth-order valence-electron chi connectivity index (χ4n) is 1.61. The lowest BCUT2D eigenvalue weighted by molar-refractivity contribution is 0.648. The van der Waals surface area contributed by atoms with Gasteiger partial charge in [-0.15, -0.1) is 11.3 Å². The minimum absolute atomic E-state index is 0.746. The van der Waals surface area contributed by atoms with Gasteiger partial charge in [0, 0.05) is 4.70 Å². The van der Waals surface area contributed by atoms with Crippen molar-refractivity contribution in [1.29, 1.82) is 0 Å². The van der Waals surface area contributed by atoms with Crippen LogP contribution < -0.4 is 0 Å². The molecule has 0 fully saturated rings. The summed E-state index contributed by atoms with van der Waals surface area (Å²) in [6.45, 7) is 4.52. The highest BCUT2D eigenvalue weighted by atomic mass is 32.1. The fraction of sp³-hybridized carbons (Fsp3) is 0.333. The molecule has 13 heavy (non-hydrogen) atoms. The molecule has 2 aromatic rings. The van der Waals surface area contributed by atoms with E-state index in [0.29, 0.717) is 0 Å². The van der Waals surface area contributed by atoms with Gasteiger partial charge in [0.25, 0.3) is 0 Å². The molecule has 0 aliphatic rings. The molecule has 0 saturated heterocycles. The lowest BCUT2D eigenvalue weighted by Crippen LogP contribution is -1.92. The predicted molar refractivity (Wildman–Crippen MR) is 60.4 cm³/mol. The van der Waals surface area contributed by atoms with E-state index in [2.05, 4.69) is 43.5 Å². The summed E-state index contributed by atoms with van der Waals surface area (Å²) in [5.74, 6) is 0.746. The Morgan fingerprint density at radius 3 is 2.85 bits per heavy atom. The number of rotatable bonds is 2. The first kappa shape index (κ1) is 8.76. The molecule has 1 heteroatoms. The van der Waals surface area contributed by atoms with Crippen molar-refractivity contribution in [3.63, 3.8) is 0 Å². The SMILES string of the molecule is CC(C)Cc1ccc2sccc2c1. The second-order valence-corrected chi connectivity index (χ2v) is 4.84. The van der Waals surface area contributed by atoms with E-state index in [0.717, 1.165) is 5.92 Å². The second kappa shape index (κ2) is 3.51. The molecule has 0 atom stereocenters. The molecule has 0 spiro atoms. The Hall–Kier alpha value is -0.820. The Morgan fingerprint density at radius 1 is 1.23 bits per heavy atom. The molecule has 0 aliphatic heterocycles. The average molecular weight is 190 g/mol. The van der Waals surface area contributed by atoms with Crippen molar-refractivity contribution >= 4 is 21.4 Å². The highest BCUT2D eigenvalue weighted by molar-refractivity contribution is 7.17. The molecule has 0 amide bonds. The highest BCUT2D eigenvalue weighted by Gasteiger charge is 1.99. The van der Waals surface area contributed by atoms with Gasteiger partial charge in [0.15, 0.2) is 0 Å². The Morgan fingerprint density at radius 2 is 2.08 bits per heavy atom. The first-order chi connectivity index (χ1) is 6.25. The molecule has 0 aliphatic carbocycles. The van der Waals surface area contributed by atoms with Crippen LogP contribution in [0, 0.1) is 5.92 Å². The van der Waals surface area contributed by atoms with Crippen LogP contribution in [0.25, 0.3) is 10.1 Å². The molecule has 0 radical (unpaired) electrons. The lowest BCUT2D eigenvalue weighted by Gasteiger charge is -2.04. The smallest absolute Gasteiger partial charge is 0.0342 e. The van der Waals surface area contributed by atoms with Crippen LogP contribution in [0.4, 0.5) is 0 Å². The Bertz CT molecular complexity index is 398. The zero-order valence-corrected chi connectivity index (χ0v) is 8.90. The standard InChI is InChI=1S/C12H14S/c1-9(2)7-10-3-4-12-11(8-10)5-6-13-12/h3-6,8-9H,7H2,1-2H3. The fourth-order valence-corrected chi connectivity index (χ4v) is 2.39. The molecule has 1 aromatic heterocycles. The summed E-state index contributed by atoms with van der Waals surface area (Å²) in [6, 6.07) is 8.99. The summed E-state index contributed by atoms with van der Waals surface area (Å²) in [5, 5.41) is 3.55. The van der Waals surface area contributed by atoms with Gasteiger partial charge in [0.2, 0.25) is 0 Å². The molecule has 1 heterocycles. The van der Waals surface area contributed by atoms with Gasteiger partial charge in [-0.1, -0.05) is 26.0 Å². The van der Waals surface area contributed by atoms with Crippen molar-refractivity contribution in [2.45, 2.75) is 20.3 Å². The molecule has 2 rings (SSSR count). The van der Waals surface area contributed by atoms with Crippen LogP contribution in [0.1, 0.15) is 19.4 Å². The average Bonchev–Trinajstić information content (AvgIpc) is 2.49. The summed E-state index contributed by atoms with van der Waals surface area (Å²) in [4.78, 5) is 0. The third kappa shape index (κ3) is 1.92. The number of fused-ring (bicyclic) bond motifs is 1. The largest absolute Gasteiger partial charge is 0.144 e. The van der Waals surface area contributed by atoms with Crippen molar-refractivity contribution in [3.05, 3.63) is 35.2 Å². The highest BCUT2D eigenvalue weighted by Crippen LogP contribution is 2.22. The van der Waals surface area contributed by atoms with Crippen molar-refractivity contribution in [2.24, 2.45) is 5.92 Å². The van der Waals surface area contributed by atoms with E-state index in [1.165, 1.54) is 22.1 Å². The van der Waals surface area contributed by atoms with Crippen LogP contribution in [0.3, 0.4) is 0 Å². The first-order valence-corrected chi connectivity index (χ1v) is 5.60. The third-order valence-electron chi connectivity index (χ3n) is 2.16. The van der Waals surface area contributed by atoms with Crippen LogP contribution in [0.2, 0.25) is 0 Å². The van der Waals surface area contributed by atoms with E-state index >= 15 is 0 Å². The molecule has 0 unspecified atom stereocenters. The molecule has 0 bridgehead atoms. The number of benzene rings is 1. The first-order valence-electron chi connectivity index (χ1n) is 4.72. The maximum Gasteiger partial charge on any atom is 0.0342 e. The van der Waals surface area contributed by atoms with Crippen LogP contribution in [-0.4, -0.2) is 0 Å². The Labute approximate surface area is 83.2 Å². The molecule has 68 valence electrons. The van der Waals surface area contributed by atoms with Crippen molar-refractivity contribution in [1.82, 2.24) is 0 Å². The van der Waals surface area contributed by atoms with Gasteiger partial charge in [-0.05, 0) is 40.8 Å². The van der Waals surface area contributed by atoms with Gasteiger partial charge in [-0.25, -0.2) is 0 Å². The van der Waals surface area contributed by atoms with Crippen molar-refractivity contribution in [3.8, 4) is 0 Å². The van der Waals surface area contributed by atoms with Gasteiger partial charge in [0.05, 0.1) is 0 Å². The summed E-state index contributed by atoms with van der Waals surface area (Å²) in [7, 11) is 0. The van der Waals surface area contributed by atoms with E-state index in [1.807, 2.05) is 11.3 Å². The maximum absolute atomic E-state index is 2.31. The van der Waals surface area contributed by atoms with Crippen LogP contribution >= 0.6 is 11.3 Å². The number of hydrogen-bond donors (Lipinski definition) is 0. The van der Waals surface area contributed by atoms with E-state index in [4.69, 9.17) is 0 Å². The molecular formula is C12H14S. The molecular weight excluding hydrogens is 176 g/mol. The summed E-state index contributed by atoms with van der Waals surface area (Å²) >= 11 is 1.81. The number of thiophene rings is 1. The summed E-state index contributed by atoms with van der Waals surface area (Å²) in [5.41, 5.74) is 1.46. The molecule has 0 nitrogen and oxygen atoms in total. The maximum atomic E-state index is 2.31. The van der Waals surface area contributed by atoms with Gasteiger partial charge >= 0.3 is 0 Å². The molecule has 0 saturated carbocycles. The second-order valence-electron chi connectivity index (χ2n) is 3.89. The molecule has 0 N–H and O–H groups in total. The minimum Gasteiger partial charge on any atom is -0.144 e. The van der Waals surface area contributed by atoms with Crippen LogP contribution in [0.5, 0.6) is 0 Å². The molecule has 1 aromatic carbocycles. The predicted octanol–water partition coefficient (Wildman–Crippen LogP) is 4.10. The Kier molecular flexibility index (Phi) is 2.36. The zero-order valence-electron chi connectivity index (χ0n) is 8.08. The lowest BCUT2D eigenvalue weighted by atomic mass is 10.0. The van der Waals surface area contributed by atoms with Gasteiger partial charge in [0.1, 0.15) is 0 Å². The normalized spacial score (nSPS) is 11.3. The van der Waals surface area contributed by atoms with Crippen LogP contribution in [0.15, 0.2) is 29.6 Å². The van der Waals surface area contributed by atoms with Crippen molar-refractivity contribution < 1.29 is 0 Å². The topological polar surface area (TPSA) is 0 Å². The van der Waals surface area contributed by atoms with Gasteiger partial charge < -0.3 is 0 Å². The van der Waals surface area contributed by atoms with Gasteiger partial charge in [-0.3, -0.25) is 0 Å². The third-order valence-corrected chi connectivity index (χ3v) is 3.06. The van der Waals surface area contributed by atoms with E-state index < -0.39 is 0 Å². The van der Waals surface area contributed by atoms with E-state index in [-0.39, 0.29) is 0 Å².